The van der Waals surface area contributed by atoms with Crippen LogP contribution in [0.25, 0.3) is 0 Å². The van der Waals surface area contributed by atoms with Gasteiger partial charge in [0.05, 0.1) is 11.6 Å². The molecule has 0 aromatic heterocycles. The van der Waals surface area contributed by atoms with Crippen molar-refractivity contribution in [3.05, 3.63) is 20.6 Å². The molecule has 0 atom stereocenters. The number of aromatic hydroxyl groups is 1. The summed E-state index contributed by atoms with van der Waals surface area (Å²) in [6.45, 7) is 5.73. The van der Waals surface area contributed by atoms with Gasteiger partial charge in [-0.1, -0.05) is 0 Å². The Labute approximate surface area is 143 Å². The molecule has 1 aromatic carbocycles. The fourth-order valence-electron chi connectivity index (χ4n) is 2.55. The van der Waals surface area contributed by atoms with Crippen LogP contribution < -0.4 is 4.74 Å². The molecule has 1 aromatic rings. The van der Waals surface area contributed by atoms with Crippen LogP contribution in [0.2, 0.25) is 0 Å². The number of phenolic OH excluding ortho intramolecular Hbond substituents is 1. The van der Waals surface area contributed by atoms with E-state index in [4.69, 9.17) is 4.74 Å². The summed E-state index contributed by atoms with van der Waals surface area (Å²) in [6.07, 6.45) is 2.06. The molecule has 4 nitrogen and oxygen atoms in total. The van der Waals surface area contributed by atoms with Crippen molar-refractivity contribution in [3.63, 3.8) is 0 Å². The first-order chi connectivity index (χ1) is 10.0. The van der Waals surface area contributed by atoms with Gasteiger partial charge in [-0.25, -0.2) is 0 Å². The predicted octanol–water partition coefficient (Wildman–Crippen LogP) is 3.11. The van der Waals surface area contributed by atoms with Gasteiger partial charge in [0.25, 0.3) is 0 Å². The van der Waals surface area contributed by atoms with Gasteiger partial charge in [0.1, 0.15) is 0 Å². The molecule has 1 aliphatic heterocycles. The first kappa shape index (κ1) is 17.1. The number of aryl methyl sites for hydroxylation is 1. The normalized spacial score (nSPS) is 17.1. The van der Waals surface area contributed by atoms with Gasteiger partial charge >= 0.3 is 0 Å². The summed E-state index contributed by atoms with van der Waals surface area (Å²) in [5.74, 6) is 0.659. The number of rotatable bonds is 5. The zero-order chi connectivity index (χ0) is 15.4. The Bertz CT molecular complexity index is 489. The third kappa shape index (κ3) is 4.34. The number of hydrogen-bond acceptors (Lipinski definition) is 4. The first-order valence-electron chi connectivity index (χ1n) is 7.17. The molecular formula is C15H22Br2N2O2. The van der Waals surface area contributed by atoms with Crippen LogP contribution >= 0.6 is 31.9 Å². The van der Waals surface area contributed by atoms with Gasteiger partial charge in [-0.15, -0.1) is 0 Å². The average Bonchev–Trinajstić information content (AvgIpc) is 2.49. The molecule has 1 heterocycles. The molecule has 0 bridgehead atoms. The second-order valence-electron chi connectivity index (χ2n) is 5.46. The van der Waals surface area contributed by atoms with E-state index < -0.39 is 0 Å². The lowest BCUT2D eigenvalue weighted by molar-refractivity contribution is 0.153. The van der Waals surface area contributed by atoms with Gasteiger partial charge in [0.15, 0.2) is 11.5 Å². The molecular weight excluding hydrogens is 400 g/mol. The van der Waals surface area contributed by atoms with Crippen molar-refractivity contribution in [2.75, 3.05) is 46.9 Å². The van der Waals surface area contributed by atoms with Gasteiger partial charge in [-0.3, -0.25) is 0 Å². The Kier molecular flexibility index (Phi) is 6.34. The Balaban J connectivity index is 1.92. The van der Waals surface area contributed by atoms with Crippen LogP contribution in [0, 0.1) is 0 Å². The van der Waals surface area contributed by atoms with E-state index in [0.29, 0.717) is 10.2 Å². The van der Waals surface area contributed by atoms with Crippen molar-refractivity contribution in [2.45, 2.75) is 12.8 Å². The molecule has 6 heteroatoms. The smallest absolute Gasteiger partial charge is 0.173 e. The van der Waals surface area contributed by atoms with Crippen LogP contribution in [0.15, 0.2) is 15.0 Å². The second kappa shape index (κ2) is 7.81. The highest BCUT2D eigenvalue weighted by atomic mass is 79.9. The van der Waals surface area contributed by atoms with Crippen molar-refractivity contribution >= 4 is 31.9 Å². The standard InChI is InChI=1S/C15H22Br2N2O2/c1-18-6-8-19(9-7-18)5-3-4-11-10-12(21-2)15(20)14(17)13(11)16/h10,20H,3-9H2,1-2H3. The van der Waals surface area contributed by atoms with Crippen LogP contribution in [0.4, 0.5) is 0 Å². The second-order valence-corrected chi connectivity index (χ2v) is 7.05. The van der Waals surface area contributed by atoms with E-state index in [9.17, 15) is 5.11 Å². The van der Waals surface area contributed by atoms with Crippen molar-refractivity contribution in [2.24, 2.45) is 0 Å². The zero-order valence-electron chi connectivity index (χ0n) is 12.5. The maximum Gasteiger partial charge on any atom is 0.173 e. The molecule has 1 saturated heterocycles. The number of piperazine rings is 1. The van der Waals surface area contributed by atoms with Gasteiger partial charge < -0.3 is 19.6 Å². The molecule has 0 radical (unpaired) electrons. The Hall–Kier alpha value is -0.300. The number of ether oxygens (including phenoxy) is 1. The van der Waals surface area contributed by atoms with E-state index in [1.165, 1.54) is 0 Å². The van der Waals surface area contributed by atoms with E-state index in [1.807, 2.05) is 6.07 Å². The molecule has 0 amide bonds. The quantitative estimate of drug-likeness (QED) is 0.792. The van der Waals surface area contributed by atoms with Crippen LogP contribution in [-0.4, -0.2) is 61.8 Å². The highest BCUT2D eigenvalue weighted by Crippen LogP contribution is 2.42. The number of nitrogens with zero attached hydrogens (tertiary/aromatic N) is 2. The predicted molar refractivity (Wildman–Crippen MR) is 92.3 cm³/mol. The molecule has 1 fully saturated rings. The number of phenols is 1. The lowest BCUT2D eigenvalue weighted by Gasteiger charge is -2.32. The summed E-state index contributed by atoms with van der Waals surface area (Å²) < 4.78 is 6.79. The van der Waals surface area contributed by atoms with Crippen molar-refractivity contribution in [1.82, 2.24) is 9.80 Å². The van der Waals surface area contributed by atoms with Crippen LogP contribution in [-0.2, 0) is 6.42 Å². The Morgan fingerprint density at radius 3 is 2.48 bits per heavy atom. The number of likely N-dealkylation sites (N-methyl/N-ethyl adjacent to an activating group) is 1. The summed E-state index contributed by atoms with van der Waals surface area (Å²) >= 11 is 6.95. The van der Waals surface area contributed by atoms with Crippen LogP contribution in [0.5, 0.6) is 11.5 Å². The lowest BCUT2D eigenvalue weighted by atomic mass is 10.1. The third-order valence-electron chi connectivity index (χ3n) is 3.96. The van der Waals surface area contributed by atoms with Gasteiger partial charge in [-0.2, -0.15) is 0 Å². The lowest BCUT2D eigenvalue weighted by Crippen LogP contribution is -2.44. The largest absolute Gasteiger partial charge is 0.503 e. The molecule has 0 spiro atoms. The van der Waals surface area contributed by atoms with E-state index >= 15 is 0 Å². The van der Waals surface area contributed by atoms with Crippen molar-refractivity contribution in [3.8, 4) is 11.5 Å². The van der Waals surface area contributed by atoms with E-state index in [0.717, 1.165) is 55.6 Å². The maximum atomic E-state index is 9.94. The highest BCUT2D eigenvalue weighted by molar-refractivity contribution is 9.13. The summed E-state index contributed by atoms with van der Waals surface area (Å²) in [5, 5.41) is 9.94. The first-order valence-corrected chi connectivity index (χ1v) is 8.76. The summed E-state index contributed by atoms with van der Waals surface area (Å²) in [6, 6.07) is 1.91. The van der Waals surface area contributed by atoms with E-state index in [1.54, 1.807) is 7.11 Å². The number of methoxy groups -OCH3 is 1. The van der Waals surface area contributed by atoms with Crippen molar-refractivity contribution in [1.29, 1.82) is 0 Å². The molecule has 0 unspecified atom stereocenters. The summed E-state index contributed by atoms with van der Waals surface area (Å²) in [7, 11) is 3.75. The zero-order valence-corrected chi connectivity index (χ0v) is 15.7. The SMILES string of the molecule is COc1cc(CCCN2CCN(C)CC2)c(Br)c(Br)c1O. The van der Waals surface area contributed by atoms with Crippen LogP contribution in [0.1, 0.15) is 12.0 Å². The minimum Gasteiger partial charge on any atom is -0.503 e. The van der Waals surface area contributed by atoms with Crippen LogP contribution in [0.3, 0.4) is 0 Å². The summed E-state index contributed by atoms with van der Waals surface area (Å²) in [5.41, 5.74) is 1.16. The maximum absolute atomic E-state index is 9.94. The third-order valence-corrected chi connectivity index (χ3v) is 6.17. The fraction of sp³-hybridized carbons (Fsp3) is 0.600. The number of halogens is 2. The number of hydrogen-bond donors (Lipinski definition) is 1. The molecule has 1 N–H and O–H groups in total. The Morgan fingerprint density at radius 2 is 1.86 bits per heavy atom. The van der Waals surface area contributed by atoms with Crippen molar-refractivity contribution < 1.29 is 9.84 Å². The topological polar surface area (TPSA) is 35.9 Å². The minimum absolute atomic E-state index is 0.146. The molecule has 0 saturated carbocycles. The molecule has 21 heavy (non-hydrogen) atoms. The minimum atomic E-state index is 0.146. The van der Waals surface area contributed by atoms with Gasteiger partial charge in [-0.05, 0) is 69.9 Å². The van der Waals surface area contributed by atoms with Gasteiger partial charge in [0, 0.05) is 30.7 Å². The highest BCUT2D eigenvalue weighted by Gasteiger charge is 2.16. The van der Waals surface area contributed by atoms with Gasteiger partial charge in [0.2, 0.25) is 0 Å². The Morgan fingerprint density at radius 1 is 1.19 bits per heavy atom. The molecule has 1 aliphatic rings. The average molecular weight is 422 g/mol. The van der Waals surface area contributed by atoms with E-state index in [2.05, 4.69) is 48.7 Å². The molecule has 0 aliphatic carbocycles. The molecule has 118 valence electrons. The monoisotopic (exact) mass is 420 g/mol. The van der Waals surface area contributed by atoms with E-state index in [-0.39, 0.29) is 5.75 Å². The number of benzene rings is 1. The summed E-state index contributed by atoms with van der Waals surface area (Å²) in [4.78, 5) is 4.88. The molecule has 2 rings (SSSR count). The fourth-order valence-corrected chi connectivity index (χ4v) is 3.50.